The minimum atomic E-state index is -1.21. The Hall–Kier alpha value is -3.86. The Kier molecular flexibility index (Phi) is 10.6. The van der Waals surface area contributed by atoms with Crippen molar-refractivity contribution in [3.8, 4) is 5.88 Å². The molecule has 0 radical (unpaired) electrons. The average Bonchev–Trinajstić information content (AvgIpc) is 3.61. The van der Waals surface area contributed by atoms with Crippen LogP contribution in [0, 0.1) is 18.8 Å². The molecule has 1 aliphatic carbocycles. The van der Waals surface area contributed by atoms with Gasteiger partial charge in [-0.05, 0) is 83.4 Å². The summed E-state index contributed by atoms with van der Waals surface area (Å²) < 4.78 is 17.4. The molecule has 2 aliphatic heterocycles. The van der Waals surface area contributed by atoms with Gasteiger partial charge in [0.2, 0.25) is 17.7 Å². The van der Waals surface area contributed by atoms with E-state index in [9.17, 15) is 19.2 Å². The van der Waals surface area contributed by atoms with Gasteiger partial charge in [0.1, 0.15) is 29.3 Å². The molecular formula is C36H47ClN4O7. The lowest BCUT2D eigenvalue weighted by Gasteiger charge is -2.31. The second-order valence-electron chi connectivity index (χ2n) is 14.1. The van der Waals surface area contributed by atoms with E-state index in [-0.39, 0.29) is 19.1 Å². The number of carbonyl (C=O) groups is 4. The van der Waals surface area contributed by atoms with Gasteiger partial charge in [0.25, 0.3) is 0 Å². The molecule has 260 valence electrons. The van der Waals surface area contributed by atoms with Gasteiger partial charge in [-0.3, -0.25) is 9.59 Å². The van der Waals surface area contributed by atoms with Crippen molar-refractivity contribution in [1.82, 2.24) is 20.5 Å². The quantitative estimate of drug-likeness (QED) is 0.306. The number of halogens is 1. The van der Waals surface area contributed by atoms with E-state index in [1.165, 1.54) is 4.90 Å². The first-order valence-electron chi connectivity index (χ1n) is 16.9. The van der Waals surface area contributed by atoms with Crippen LogP contribution in [-0.4, -0.2) is 76.2 Å². The maximum Gasteiger partial charge on any atom is 0.408 e. The Morgan fingerprint density at radius 2 is 1.94 bits per heavy atom. The lowest BCUT2D eigenvalue weighted by Crippen LogP contribution is -2.57. The van der Waals surface area contributed by atoms with Crippen molar-refractivity contribution < 1.29 is 33.4 Å². The van der Waals surface area contributed by atoms with Crippen molar-refractivity contribution in [3.05, 3.63) is 47.1 Å². The number of alkyl carbamates (subject to hydrolysis) is 1. The van der Waals surface area contributed by atoms with Gasteiger partial charge in [-0.15, -0.1) is 0 Å². The Labute approximate surface area is 287 Å². The number of amides is 3. The highest BCUT2D eigenvalue weighted by molar-refractivity contribution is 6.31. The highest BCUT2D eigenvalue weighted by atomic mass is 35.5. The van der Waals surface area contributed by atoms with Crippen LogP contribution in [0.15, 0.2) is 36.5 Å². The molecule has 1 saturated carbocycles. The van der Waals surface area contributed by atoms with Crippen LogP contribution >= 0.6 is 11.6 Å². The van der Waals surface area contributed by atoms with Crippen LogP contribution in [-0.2, 0) is 23.9 Å². The number of hydrogen-bond donors (Lipinski definition) is 2. The molecule has 48 heavy (non-hydrogen) atoms. The first-order chi connectivity index (χ1) is 22.7. The predicted molar refractivity (Wildman–Crippen MR) is 182 cm³/mol. The summed E-state index contributed by atoms with van der Waals surface area (Å²) in [6, 6.07) is 3.55. The molecule has 6 atom stereocenters. The summed E-state index contributed by atoms with van der Waals surface area (Å²) >= 11 is 6.35. The van der Waals surface area contributed by atoms with E-state index in [1.807, 2.05) is 32.1 Å². The number of allylic oxidation sites excluding steroid dienone is 1. The number of esters is 1. The summed E-state index contributed by atoms with van der Waals surface area (Å²) in [5.41, 5.74) is -1.03. The standard InChI is InChI=1S/C36H47ClN4O7/c1-7-46-33(44)36-18-23(36)13-11-9-8-10-12-14-27(39-34(45)48-35(4,5)6)32(43)41-20-28(22(3)29(41)30(42)40-36)47-31-26-17-24(37)15-16-25(26)21(2)19-38-31/h11,13,15-17,19,22-23,27-29H,7-10,12,14,18,20H2,1-6H3,(H,39,45)(H,40,42). The van der Waals surface area contributed by atoms with Gasteiger partial charge in [0.15, 0.2) is 0 Å². The molecule has 3 amide bonds. The minimum Gasteiger partial charge on any atom is -0.472 e. The summed E-state index contributed by atoms with van der Waals surface area (Å²) in [5, 5.41) is 7.94. The molecule has 0 bridgehead atoms. The van der Waals surface area contributed by atoms with E-state index < -0.39 is 59.1 Å². The fourth-order valence-corrected chi connectivity index (χ4v) is 6.91. The van der Waals surface area contributed by atoms with E-state index >= 15 is 0 Å². The van der Waals surface area contributed by atoms with Gasteiger partial charge in [0, 0.05) is 28.4 Å². The van der Waals surface area contributed by atoms with E-state index in [0.717, 1.165) is 30.2 Å². The number of aromatic nitrogens is 1. The van der Waals surface area contributed by atoms with E-state index in [4.69, 9.17) is 25.8 Å². The maximum atomic E-state index is 14.4. The third kappa shape index (κ3) is 7.72. The van der Waals surface area contributed by atoms with Crippen LogP contribution in [0.3, 0.4) is 0 Å². The zero-order valence-electron chi connectivity index (χ0n) is 28.6. The highest BCUT2D eigenvalue weighted by Gasteiger charge is 2.62. The molecule has 3 heterocycles. The number of ether oxygens (including phenoxy) is 3. The number of nitrogens with one attached hydrogen (secondary N) is 2. The number of aryl methyl sites for hydroxylation is 1. The van der Waals surface area contributed by atoms with Crippen LogP contribution in [0.4, 0.5) is 4.79 Å². The molecule has 2 fully saturated rings. The summed E-state index contributed by atoms with van der Waals surface area (Å²) in [6.07, 6.45) is 8.33. The van der Waals surface area contributed by atoms with Gasteiger partial charge in [-0.1, -0.05) is 49.6 Å². The predicted octanol–water partition coefficient (Wildman–Crippen LogP) is 5.64. The lowest BCUT2D eigenvalue weighted by molar-refractivity contribution is -0.150. The summed E-state index contributed by atoms with van der Waals surface area (Å²) in [4.78, 5) is 61.0. The Morgan fingerprint density at radius 1 is 1.17 bits per heavy atom. The van der Waals surface area contributed by atoms with Gasteiger partial charge in [-0.25, -0.2) is 14.6 Å². The van der Waals surface area contributed by atoms with Gasteiger partial charge >= 0.3 is 12.1 Å². The molecule has 5 rings (SSSR count). The molecule has 2 N–H and O–H groups in total. The van der Waals surface area contributed by atoms with Crippen molar-refractivity contribution in [1.29, 1.82) is 0 Å². The third-order valence-corrected chi connectivity index (χ3v) is 9.58. The van der Waals surface area contributed by atoms with Crippen LogP contribution < -0.4 is 15.4 Å². The number of carbonyl (C=O) groups excluding carboxylic acids is 4. The van der Waals surface area contributed by atoms with Gasteiger partial charge in [-0.2, -0.15) is 0 Å². The Morgan fingerprint density at radius 3 is 2.67 bits per heavy atom. The number of rotatable bonds is 5. The van der Waals surface area contributed by atoms with Crippen LogP contribution in [0.2, 0.25) is 5.02 Å². The van der Waals surface area contributed by atoms with Crippen molar-refractivity contribution in [2.24, 2.45) is 11.8 Å². The maximum absolute atomic E-state index is 14.4. The highest BCUT2D eigenvalue weighted by Crippen LogP contribution is 2.46. The largest absolute Gasteiger partial charge is 0.472 e. The van der Waals surface area contributed by atoms with Crippen molar-refractivity contribution in [3.63, 3.8) is 0 Å². The molecule has 1 aromatic carbocycles. The molecule has 1 aromatic heterocycles. The molecule has 1 saturated heterocycles. The van der Waals surface area contributed by atoms with E-state index in [0.29, 0.717) is 35.6 Å². The molecule has 3 aliphatic rings. The third-order valence-electron chi connectivity index (χ3n) is 9.35. The number of hydrogen-bond acceptors (Lipinski definition) is 8. The molecule has 11 nitrogen and oxygen atoms in total. The molecular weight excluding hydrogens is 636 g/mol. The fraction of sp³-hybridized carbons (Fsp3) is 0.583. The van der Waals surface area contributed by atoms with Gasteiger partial charge < -0.3 is 29.7 Å². The Balaban J connectivity index is 1.51. The number of pyridine rings is 1. The molecule has 12 heteroatoms. The number of nitrogens with zero attached hydrogens (tertiary/aromatic N) is 2. The smallest absolute Gasteiger partial charge is 0.408 e. The molecule has 2 aromatic rings. The monoisotopic (exact) mass is 682 g/mol. The summed E-state index contributed by atoms with van der Waals surface area (Å²) in [6.45, 7) is 11.0. The number of fused-ring (bicyclic) bond motifs is 3. The zero-order chi connectivity index (χ0) is 34.8. The second kappa shape index (κ2) is 14.3. The van der Waals surface area contributed by atoms with Crippen LogP contribution in [0.5, 0.6) is 5.88 Å². The fourth-order valence-electron chi connectivity index (χ4n) is 6.74. The van der Waals surface area contributed by atoms with Crippen molar-refractivity contribution >= 4 is 46.3 Å². The Bertz CT molecular complexity index is 1590. The van der Waals surface area contributed by atoms with Crippen molar-refractivity contribution in [2.75, 3.05) is 13.2 Å². The number of benzene rings is 1. The summed E-state index contributed by atoms with van der Waals surface area (Å²) in [5.74, 6) is -1.80. The molecule has 6 unspecified atom stereocenters. The molecule has 0 spiro atoms. The average molecular weight is 683 g/mol. The SMILES string of the molecule is CCOC(=O)C12CC1C=CCCCCCC(NC(=O)OC(C)(C)C)C(=O)N1CC(Oc3ncc(C)c4ccc(Cl)cc34)C(C)C1C(=O)N2. The topological polar surface area (TPSA) is 136 Å². The van der Waals surface area contributed by atoms with Gasteiger partial charge in [0.05, 0.1) is 13.2 Å². The van der Waals surface area contributed by atoms with E-state index in [1.54, 1.807) is 46.0 Å². The van der Waals surface area contributed by atoms with Crippen molar-refractivity contribution in [2.45, 2.75) is 109 Å². The second-order valence-corrected chi connectivity index (χ2v) is 14.6. The summed E-state index contributed by atoms with van der Waals surface area (Å²) in [7, 11) is 0. The normalized spacial score (nSPS) is 28.0. The first-order valence-corrected chi connectivity index (χ1v) is 17.3. The first kappa shape index (κ1) is 35.4. The minimum absolute atomic E-state index is 0.0535. The zero-order valence-corrected chi connectivity index (χ0v) is 29.4. The lowest BCUT2D eigenvalue weighted by atomic mass is 9.98. The van der Waals surface area contributed by atoms with Crippen LogP contribution in [0.1, 0.15) is 78.7 Å². The van der Waals surface area contributed by atoms with Crippen LogP contribution in [0.25, 0.3) is 10.8 Å². The van der Waals surface area contributed by atoms with E-state index in [2.05, 4.69) is 15.6 Å².